The molecule has 5 nitrogen and oxygen atoms in total. The Balaban J connectivity index is 0.00000256. The second-order valence-electron chi connectivity index (χ2n) is 7.08. The number of aromatic nitrogens is 1. The number of pyridine rings is 1. The lowest BCUT2D eigenvalue weighted by Crippen LogP contribution is -3.00. The Morgan fingerprint density at radius 3 is 1.97 bits per heavy atom. The number of rotatable bonds is 4. The molecule has 1 aliphatic carbocycles. The zero-order chi connectivity index (χ0) is 20.5. The second-order valence-corrected chi connectivity index (χ2v) is 7.08. The number of nitrogens with one attached hydrogen (secondary N) is 1. The van der Waals surface area contributed by atoms with Gasteiger partial charge in [0.15, 0.2) is 18.1 Å². The number of carbonyl (C=O) groups excluding carboxylic acids is 2. The summed E-state index contributed by atoms with van der Waals surface area (Å²) in [5, 5.41) is 3.17. The van der Waals surface area contributed by atoms with Crippen LogP contribution >= 0.6 is 0 Å². The van der Waals surface area contributed by atoms with Gasteiger partial charge in [-0.05, 0) is 44.2 Å². The Morgan fingerprint density at radius 1 is 0.833 bits per heavy atom. The molecule has 0 amide bonds. The van der Waals surface area contributed by atoms with Gasteiger partial charge in [-0.1, -0.05) is 24.3 Å². The molecule has 1 aromatic heterocycles. The van der Waals surface area contributed by atoms with Gasteiger partial charge in [0.25, 0.3) is 11.5 Å². The van der Waals surface area contributed by atoms with Crippen LogP contribution in [0, 0.1) is 13.8 Å². The van der Waals surface area contributed by atoms with E-state index < -0.39 is 0 Å². The molecule has 3 aromatic rings. The summed E-state index contributed by atoms with van der Waals surface area (Å²) in [5.74, 6) is 0.314. The van der Waals surface area contributed by atoms with Gasteiger partial charge in [0.05, 0.1) is 7.11 Å². The summed E-state index contributed by atoms with van der Waals surface area (Å²) in [6, 6.07) is 16.2. The zero-order valence-corrected chi connectivity index (χ0v) is 19.1. The van der Waals surface area contributed by atoms with Crippen LogP contribution in [0.2, 0.25) is 0 Å². The lowest BCUT2D eigenvalue weighted by molar-refractivity contribution is -0.578. The van der Waals surface area contributed by atoms with Gasteiger partial charge in [-0.25, -0.2) is 0 Å². The van der Waals surface area contributed by atoms with Crippen molar-refractivity contribution in [2.75, 3.05) is 12.4 Å². The highest BCUT2D eigenvalue weighted by atomic mass is 127. The molecule has 4 rings (SSSR count). The average Bonchev–Trinajstić information content (AvgIpc) is 2.72. The number of hydrogen-bond acceptors (Lipinski definition) is 4. The van der Waals surface area contributed by atoms with Gasteiger partial charge in [-0.15, -0.1) is 0 Å². The summed E-state index contributed by atoms with van der Waals surface area (Å²) >= 11 is 0. The third-order valence-corrected chi connectivity index (χ3v) is 4.85. The molecule has 0 radical (unpaired) electrons. The van der Waals surface area contributed by atoms with Crippen molar-refractivity contribution < 1.29 is 42.9 Å². The lowest BCUT2D eigenvalue weighted by Gasteiger charge is -2.19. The fourth-order valence-corrected chi connectivity index (χ4v) is 3.58. The second kappa shape index (κ2) is 8.79. The van der Waals surface area contributed by atoms with Crippen molar-refractivity contribution in [3.8, 4) is 5.75 Å². The minimum Gasteiger partial charge on any atom is -1.00 e. The molecule has 6 heteroatoms. The van der Waals surface area contributed by atoms with E-state index in [2.05, 4.69) is 5.32 Å². The first-order chi connectivity index (χ1) is 14.0. The first-order valence-corrected chi connectivity index (χ1v) is 9.31. The van der Waals surface area contributed by atoms with Crippen LogP contribution in [-0.4, -0.2) is 18.7 Å². The van der Waals surface area contributed by atoms with Crippen molar-refractivity contribution in [2.24, 2.45) is 0 Å². The Morgan fingerprint density at radius 2 is 1.40 bits per heavy atom. The van der Waals surface area contributed by atoms with Gasteiger partial charge >= 0.3 is 0 Å². The maximum Gasteiger partial charge on any atom is 0.286 e. The molecular formula is C24H21IN2O3. The standard InChI is InChI=1S/C24H20N2O3.HI/c1-15-12-16(2)14-26(13-15)22-21(25-17-8-10-18(29-3)11-9-17)23(27)19-6-4-5-7-20(19)24(22)28;/h4-14H,1-3H3;1H. The Kier molecular flexibility index (Phi) is 6.36. The molecule has 1 heterocycles. The molecule has 0 saturated heterocycles. The quantitative estimate of drug-likeness (QED) is 0.418. The number of hydrogen-bond donors (Lipinski definition) is 1. The number of aryl methyl sites for hydroxylation is 2. The van der Waals surface area contributed by atoms with Crippen LogP contribution in [0.25, 0.3) is 5.70 Å². The summed E-state index contributed by atoms with van der Waals surface area (Å²) in [6.07, 6.45) is 3.72. The van der Waals surface area contributed by atoms with Gasteiger partial charge in [-0.3, -0.25) is 9.59 Å². The highest BCUT2D eigenvalue weighted by Gasteiger charge is 2.38. The van der Waals surface area contributed by atoms with Crippen LogP contribution < -0.4 is 38.6 Å². The lowest BCUT2D eigenvalue weighted by atomic mass is 9.90. The van der Waals surface area contributed by atoms with E-state index in [1.54, 1.807) is 48.1 Å². The molecule has 0 aliphatic heterocycles. The number of fused-ring (bicyclic) bond motifs is 1. The van der Waals surface area contributed by atoms with E-state index in [1.807, 2.05) is 44.4 Å². The molecule has 0 fully saturated rings. The maximum absolute atomic E-state index is 13.4. The Labute approximate surface area is 192 Å². The Hall–Kier alpha value is -3.00. The fourth-order valence-electron chi connectivity index (χ4n) is 3.58. The number of halogens is 1. The number of carbonyl (C=O) groups is 2. The van der Waals surface area contributed by atoms with Crippen molar-refractivity contribution in [1.82, 2.24) is 0 Å². The zero-order valence-electron chi connectivity index (χ0n) is 16.9. The van der Waals surface area contributed by atoms with Crippen molar-refractivity contribution in [3.63, 3.8) is 0 Å². The SMILES string of the molecule is COc1ccc(NC2=C([n+]3cc(C)cc(C)c3)C(=O)c3ccccc3C2=O)cc1.[I-]. The van der Waals surface area contributed by atoms with Crippen molar-refractivity contribution in [2.45, 2.75) is 13.8 Å². The topological polar surface area (TPSA) is 59.3 Å². The first-order valence-electron chi connectivity index (χ1n) is 9.31. The summed E-state index contributed by atoms with van der Waals surface area (Å²) in [7, 11) is 1.60. The molecule has 2 aromatic carbocycles. The van der Waals surface area contributed by atoms with Crippen LogP contribution in [0.1, 0.15) is 31.8 Å². The molecule has 1 aliphatic rings. The van der Waals surface area contributed by atoms with E-state index in [0.29, 0.717) is 28.3 Å². The van der Waals surface area contributed by atoms with Crippen LogP contribution in [0.15, 0.2) is 72.7 Å². The molecular weight excluding hydrogens is 491 g/mol. The molecule has 0 unspecified atom stereocenters. The third-order valence-electron chi connectivity index (χ3n) is 4.85. The Bertz CT molecular complexity index is 1150. The van der Waals surface area contributed by atoms with Crippen molar-refractivity contribution in [1.29, 1.82) is 0 Å². The van der Waals surface area contributed by atoms with Crippen LogP contribution in [-0.2, 0) is 0 Å². The predicted molar refractivity (Wildman–Crippen MR) is 111 cm³/mol. The van der Waals surface area contributed by atoms with Gasteiger partial charge in [0, 0.05) is 27.9 Å². The van der Waals surface area contributed by atoms with Crippen LogP contribution in [0.4, 0.5) is 5.69 Å². The van der Waals surface area contributed by atoms with E-state index >= 15 is 0 Å². The van der Waals surface area contributed by atoms with Crippen LogP contribution in [0.5, 0.6) is 5.75 Å². The maximum atomic E-state index is 13.4. The number of Topliss-reactive ketones (excluding diaryl/α,β-unsaturated/α-hetero) is 2. The number of allylic oxidation sites excluding steroid dienone is 2. The first kappa shape index (κ1) is 21.7. The fraction of sp³-hybridized carbons (Fsp3) is 0.125. The third kappa shape index (κ3) is 4.00. The summed E-state index contributed by atoms with van der Waals surface area (Å²) in [5.41, 5.74) is 4.09. The van der Waals surface area contributed by atoms with E-state index in [0.717, 1.165) is 11.1 Å². The van der Waals surface area contributed by atoms with Crippen molar-refractivity contribution >= 4 is 23.0 Å². The van der Waals surface area contributed by atoms with Gasteiger partial charge < -0.3 is 34.0 Å². The highest BCUT2D eigenvalue weighted by Crippen LogP contribution is 2.28. The number of ether oxygens (including phenoxy) is 1. The summed E-state index contributed by atoms with van der Waals surface area (Å²) in [4.78, 5) is 26.7. The molecule has 30 heavy (non-hydrogen) atoms. The minimum absolute atomic E-state index is 0. The normalized spacial score (nSPS) is 12.9. The van der Waals surface area contributed by atoms with E-state index in [4.69, 9.17) is 4.74 Å². The number of ketones is 2. The van der Waals surface area contributed by atoms with E-state index in [-0.39, 0.29) is 41.2 Å². The van der Waals surface area contributed by atoms with Gasteiger partial charge in [0.1, 0.15) is 5.75 Å². The van der Waals surface area contributed by atoms with Gasteiger partial charge in [0.2, 0.25) is 5.78 Å². The number of nitrogens with zero attached hydrogens (tertiary/aromatic N) is 1. The smallest absolute Gasteiger partial charge is 0.286 e. The van der Waals surface area contributed by atoms with E-state index in [1.165, 1.54) is 0 Å². The molecule has 0 atom stereocenters. The van der Waals surface area contributed by atoms with E-state index in [9.17, 15) is 9.59 Å². The largest absolute Gasteiger partial charge is 1.00 e. The summed E-state index contributed by atoms with van der Waals surface area (Å²) < 4.78 is 6.94. The molecule has 152 valence electrons. The molecule has 0 spiro atoms. The summed E-state index contributed by atoms with van der Waals surface area (Å²) in [6.45, 7) is 3.92. The number of anilines is 1. The predicted octanol–water partition coefficient (Wildman–Crippen LogP) is 0.963. The minimum atomic E-state index is -0.210. The molecule has 1 N–H and O–H groups in total. The molecule has 0 saturated carbocycles. The van der Waals surface area contributed by atoms with Gasteiger partial charge in [-0.2, -0.15) is 4.57 Å². The molecule has 0 bridgehead atoms. The number of benzene rings is 2. The van der Waals surface area contributed by atoms with Crippen LogP contribution in [0.3, 0.4) is 0 Å². The monoisotopic (exact) mass is 512 g/mol. The highest BCUT2D eigenvalue weighted by molar-refractivity contribution is 6.36. The average molecular weight is 512 g/mol. The number of methoxy groups -OCH3 is 1. The van der Waals surface area contributed by atoms with Crippen molar-refractivity contribution in [3.05, 3.63) is 94.9 Å².